The molecule has 0 aliphatic carbocycles. The SMILES string of the molecule is C[C@H](NC(=O)OC(C)(C)C)C(=O)NC1CCc2ccccc2NC1=O. The van der Waals surface area contributed by atoms with Gasteiger partial charge in [0.05, 0.1) is 0 Å². The van der Waals surface area contributed by atoms with Crippen LogP contribution in [0.3, 0.4) is 0 Å². The number of carbonyl (C=O) groups excluding carboxylic acids is 3. The quantitative estimate of drug-likeness (QED) is 0.779. The molecule has 0 saturated heterocycles. The zero-order valence-corrected chi connectivity index (χ0v) is 15.0. The molecule has 3 amide bonds. The molecule has 1 aliphatic heterocycles. The monoisotopic (exact) mass is 347 g/mol. The Kier molecular flexibility index (Phi) is 5.66. The number of rotatable bonds is 3. The number of amides is 3. The number of anilines is 1. The number of ether oxygens (including phenoxy) is 1. The van der Waals surface area contributed by atoms with Gasteiger partial charge in [-0.25, -0.2) is 4.79 Å². The average Bonchev–Trinajstić information content (AvgIpc) is 2.64. The van der Waals surface area contributed by atoms with Gasteiger partial charge in [-0.2, -0.15) is 0 Å². The smallest absolute Gasteiger partial charge is 0.408 e. The fourth-order valence-corrected chi connectivity index (χ4v) is 2.50. The van der Waals surface area contributed by atoms with E-state index in [0.29, 0.717) is 12.8 Å². The molecule has 7 nitrogen and oxygen atoms in total. The van der Waals surface area contributed by atoms with Gasteiger partial charge in [0, 0.05) is 5.69 Å². The van der Waals surface area contributed by atoms with Crippen LogP contribution in [0.25, 0.3) is 0 Å². The molecule has 0 bridgehead atoms. The number of alkyl carbamates (subject to hydrolysis) is 1. The van der Waals surface area contributed by atoms with E-state index in [-0.39, 0.29) is 5.91 Å². The maximum Gasteiger partial charge on any atom is 0.408 e. The molecule has 1 aromatic rings. The molecule has 0 saturated carbocycles. The molecule has 1 aliphatic rings. The van der Waals surface area contributed by atoms with E-state index >= 15 is 0 Å². The van der Waals surface area contributed by atoms with Crippen LogP contribution in [0.1, 0.15) is 39.7 Å². The van der Waals surface area contributed by atoms with Crippen LogP contribution in [0.2, 0.25) is 0 Å². The van der Waals surface area contributed by atoms with Crippen LogP contribution >= 0.6 is 0 Å². The van der Waals surface area contributed by atoms with Crippen LogP contribution in [0, 0.1) is 0 Å². The number of hydrogen-bond acceptors (Lipinski definition) is 4. The Bertz CT molecular complexity index is 667. The van der Waals surface area contributed by atoms with Crippen LogP contribution in [0.15, 0.2) is 24.3 Å². The number of benzene rings is 1. The highest BCUT2D eigenvalue weighted by Gasteiger charge is 2.27. The second kappa shape index (κ2) is 7.55. The first kappa shape index (κ1) is 18.8. The van der Waals surface area contributed by atoms with Gasteiger partial charge < -0.3 is 20.7 Å². The molecule has 2 atom stereocenters. The van der Waals surface area contributed by atoms with Crippen molar-refractivity contribution in [3.63, 3.8) is 0 Å². The van der Waals surface area contributed by atoms with Crippen LogP contribution < -0.4 is 16.0 Å². The van der Waals surface area contributed by atoms with Gasteiger partial charge in [0.25, 0.3) is 0 Å². The molecule has 3 N–H and O–H groups in total. The van der Waals surface area contributed by atoms with Gasteiger partial charge in [0.1, 0.15) is 17.7 Å². The summed E-state index contributed by atoms with van der Waals surface area (Å²) in [5.74, 6) is -0.695. The minimum atomic E-state index is -0.812. The molecule has 2 rings (SSSR count). The first-order valence-corrected chi connectivity index (χ1v) is 8.34. The van der Waals surface area contributed by atoms with E-state index in [9.17, 15) is 14.4 Å². The fourth-order valence-electron chi connectivity index (χ4n) is 2.50. The Morgan fingerprint density at radius 2 is 1.96 bits per heavy atom. The van der Waals surface area contributed by atoms with Crippen molar-refractivity contribution in [2.24, 2.45) is 0 Å². The first-order chi connectivity index (χ1) is 11.7. The highest BCUT2D eigenvalue weighted by Crippen LogP contribution is 2.21. The third-order valence-corrected chi connectivity index (χ3v) is 3.74. The van der Waals surface area contributed by atoms with E-state index in [1.807, 2.05) is 24.3 Å². The van der Waals surface area contributed by atoms with Crippen molar-refractivity contribution < 1.29 is 19.1 Å². The van der Waals surface area contributed by atoms with Crippen molar-refractivity contribution in [1.82, 2.24) is 10.6 Å². The van der Waals surface area contributed by atoms with Crippen molar-refractivity contribution in [2.45, 2.75) is 58.2 Å². The Balaban J connectivity index is 1.92. The van der Waals surface area contributed by atoms with Crippen molar-refractivity contribution in [2.75, 3.05) is 5.32 Å². The lowest BCUT2D eigenvalue weighted by atomic mass is 10.1. The third kappa shape index (κ3) is 5.48. The molecule has 0 spiro atoms. The maximum absolute atomic E-state index is 12.3. The maximum atomic E-state index is 12.3. The summed E-state index contributed by atoms with van der Waals surface area (Å²) in [5, 5.41) is 7.98. The van der Waals surface area contributed by atoms with Gasteiger partial charge in [0.2, 0.25) is 11.8 Å². The standard InChI is InChI=1S/C18H25N3O4/c1-11(19-17(24)25-18(2,3)4)15(22)21-14-10-9-12-7-5-6-8-13(12)20-16(14)23/h5-8,11,14H,9-10H2,1-4H3,(H,19,24)(H,20,23)(H,21,22)/t11-,14?/m0/s1. The van der Waals surface area contributed by atoms with Crippen molar-refractivity contribution in [3.05, 3.63) is 29.8 Å². The van der Waals surface area contributed by atoms with Crippen molar-refractivity contribution in [1.29, 1.82) is 0 Å². The lowest BCUT2D eigenvalue weighted by molar-refractivity contribution is -0.127. The second-order valence-electron chi connectivity index (χ2n) is 7.11. The molecular weight excluding hydrogens is 322 g/mol. The van der Waals surface area contributed by atoms with Crippen LogP contribution in [0.5, 0.6) is 0 Å². The minimum absolute atomic E-state index is 0.261. The number of para-hydroxylation sites is 1. The molecule has 1 heterocycles. The molecule has 0 radical (unpaired) electrons. The summed E-state index contributed by atoms with van der Waals surface area (Å²) in [7, 11) is 0. The summed E-state index contributed by atoms with van der Waals surface area (Å²) < 4.78 is 5.12. The van der Waals surface area contributed by atoms with Gasteiger partial charge >= 0.3 is 6.09 Å². The topological polar surface area (TPSA) is 96.5 Å². The Labute approximate surface area is 147 Å². The lowest BCUT2D eigenvalue weighted by Crippen LogP contribution is -2.51. The van der Waals surface area contributed by atoms with E-state index in [0.717, 1.165) is 11.3 Å². The molecule has 0 fully saturated rings. The molecule has 0 aromatic heterocycles. The predicted octanol–water partition coefficient (Wildman–Crippen LogP) is 1.97. The molecule has 1 unspecified atom stereocenters. The summed E-state index contributed by atoms with van der Waals surface area (Å²) in [5.41, 5.74) is 1.16. The van der Waals surface area contributed by atoms with Gasteiger partial charge in [0.15, 0.2) is 0 Å². The zero-order valence-electron chi connectivity index (χ0n) is 15.0. The summed E-state index contributed by atoms with van der Waals surface area (Å²) in [4.78, 5) is 36.3. The molecule has 7 heteroatoms. The Hall–Kier alpha value is -2.57. The molecule has 1 aromatic carbocycles. The minimum Gasteiger partial charge on any atom is -0.444 e. The molecular formula is C18H25N3O4. The van der Waals surface area contributed by atoms with Gasteiger partial charge in [-0.3, -0.25) is 9.59 Å². The normalized spacial score (nSPS) is 18.2. The van der Waals surface area contributed by atoms with Crippen molar-refractivity contribution >= 4 is 23.6 Å². The first-order valence-electron chi connectivity index (χ1n) is 8.34. The number of aryl methyl sites for hydroxylation is 1. The van der Waals surface area contributed by atoms with Crippen LogP contribution in [0.4, 0.5) is 10.5 Å². The van der Waals surface area contributed by atoms with E-state index in [4.69, 9.17) is 4.74 Å². The van der Waals surface area contributed by atoms with Gasteiger partial charge in [-0.1, -0.05) is 18.2 Å². The number of hydrogen-bond donors (Lipinski definition) is 3. The summed E-state index contributed by atoms with van der Waals surface area (Å²) >= 11 is 0. The largest absolute Gasteiger partial charge is 0.444 e. The fraction of sp³-hybridized carbons (Fsp3) is 0.500. The predicted molar refractivity (Wildman–Crippen MR) is 94.2 cm³/mol. The van der Waals surface area contributed by atoms with Crippen molar-refractivity contribution in [3.8, 4) is 0 Å². The summed E-state index contributed by atoms with van der Waals surface area (Å²) in [6.45, 7) is 6.77. The van der Waals surface area contributed by atoms with E-state index in [1.165, 1.54) is 0 Å². The zero-order chi connectivity index (χ0) is 18.6. The lowest BCUT2D eigenvalue weighted by Gasteiger charge is -2.23. The summed E-state index contributed by atoms with van der Waals surface area (Å²) in [6, 6.07) is 6.09. The Morgan fingerprint density at radius 1 is 1.28 bits per heavy atom. The number of fused-ring (bicyclic) bond motifs is 1. The van der Waals surface area contributed by atoms with E-state index < -0.39 is 29.7 Å². The Morgan fingerprint density at radius 3 is 2.64 bits per heavy atom. The average molecular weight is 347 g/mol. The van der Waals surface area contributed by atoms with Gasteiger partial charge in [-0.05, 0) is 52.2 Å². The highest BCUT2D eigenvalue weighted by molar-refractivity contribution is 5.99. The number of carbonyl (C=O) groups is 3. The van der Waals surface area contributed by atoms with Crippen LogP contribution in [-0.4, -0.2) is 35.6 Å². The van der Waals surface area contributed by atoms with E-state index in [2.05, 4.69) is 16.0 Å². The second-order valence-corrected chi connectivity index (χ2v) is 7.11. The molecule has 25 heavy (non-hydrogen) atoms. The molecule has 136 valence electrons. The summed E-state index contributed by atoms with van der Waals surface area (Å²) in [6.07, 6.45) is 0.495. The van der Waals surface area contributed by atoms with E-state index in [1.54, 1.807) is 27.7 Å². The van der Waals surface area contributed by atoms with Gasteiger partial charge in [-0.15, -0.1) is 0 Å². The third-order valence-electron chi connectivity index (χ3n) is 3.74. The highest BCUT2D eigenvalue weighted by atomic mass is 16.6. The van der Waals surface area contributed by atoms with Crippen LogP contribution in [-0.2, 0) is 20.7 Å². The number of nitrogens with one attached hydrogen (secondary N) is 3.